The molecule has 1 atom stereocenters. The maximum Gasteiger partial charge on any atom is 0.243 e. The molecular weight excluding hydrogens is 390 g/mol. The first kappa shape index (κ1) is 23.0. The number of carbonyl (C=O) groups excluding carboxylic acids is 2. The van der Waals surface area contributed by atoms with Crippen LogP contribution in [-0.4, -0.2) is 49.1 Å². The molecule has 0 saturated carbocycles. The van der Waals surface area contributed by atoms with Crippen molar-refractivity contribution >= 4 is 17.5 Å². The summed E-state index contributed by atoms with van der Waals surface area (Å²) in [6.45, 7) is 8.31. The van der Waals surface area contributed by atoms with E-state index >= 15 is 0 Å². The Bertz CT molecular complexity index is 869. The molecule has 0 aromatic heterocycles. The lowest BCUT2D eigenvalue weighted by Crippen LogP contribution is -2.42. The lowest BCUT2D eigenvalue weighted by molar-refractivity contribution is -0.125. The van der Waals surface area contributed by atoms with Crippen LogP contribution in [0.3, 0.4) is 0 Å². The fourth-order valence-corrected chi connectivity index (χ4v) is 4.10. The molecule has 0 aliphatic carbocycles. The summed E-state index contributed by atoms with van der Waals surface area (Å²) in [5.74, 6) is -0.390. The van der Waals surface area contributed by atoms with Gasteiger partial charge in [-0.1, -0.05) is 48.0 Å². The van der Waals surface area contributed by atoms with Gasteiger partial charge in [-0.2, -0.15) is 0 Å². The minimum absolute atomic E-state index is 0.0509. The molecule has 3 rings (SSSR count). The van der Waals surface area contributed by atoms with Crippen LogP contribution in [0.25, 0.3) is 0 Å². The van der Waals surface area contributed by atoms with Crippen molar-refractivity contribution in [1.29, 1.82) is 0 Å². The van der Waals surface area contributed by atoms with Crippen molar-refractivity contribution in [3.8, 4) is 0 Å². The van der Waals surface area contributed by atoms with Gasteiger partial charge in [0.1, 0.15) is 0 Å². The maximum atomic E-state index is 12.6. The summed E-state index contributed by atoms with van der Waals surface area (Å²) < 4.78 is 5.76. The zero-order chi connectivity index (χ0) is 22.2. The van der Waals surface area contributed by atoms with Gasteiger partial charge in [0, 0.05) is 25.4 Å². The quantitative estimate of drug-likeness (QED) is 0.649. The standard InChI is InChI=1S/C25H33N3O3/c1-18-12-19(2)25(20(3)13-18)27-23(29)14-26-24(30)17-28(16-22-10-7-11-31-22)15-21-8-5-4-6-9-21/h4-6,8-9,12-13,22H,7,10-11,14-17H2,1-3H3,(H,26,30)(H,27,29). The smallest absolute Gasteiger partial charge is 0.243 e. The van der Waals surface area contributed by atoms with E-state index in [4.69, 9.17) is 4.74 Å². The van der Waals surface area contributed by atoms with Crippen molar-refractivity contribution < 1.29 is 14.3 Å². The van der Waals surface area contributed by atoms with Crippen molar-refractivity contribution in [2.75, 3.05) is 31.6 Å². The summed E-state index contributed by atoms with van der Waals surface area (Å²) in [5.41, 5.74) is 5.15. The molecule has 1 aliphatic heterocycles. The predicted molar refractivity (Wildman–Crippen MR) is 123 cm³/mol. The van der Waals surface area contributed by atoms with Gasteiger partial charge < -0.3 is 15.4 Å². The largest absolute Gasteiger partial charge is 0.377 e. The van der Waals surface area contributed by atoms with E-state index in [9.17, 15) is 9.59 Å². The van der Waals surface area contributed by atoms with E-state index in [-0.39, 0.29) is 31.0 Å². The van der Waals surface area contributed by atoms with Gasteiger partial charge in [-0.3, -0.25) is 14.5 Å². The lowest BCUT2D eigenvalue weighted by atomic mass is 10.1. The Labute approximate surface area is 185 Å². The zero-order valence-electron chi connectivity index (χ0n) is 18.7. The molecule has 1 unspecified atom stereocenters. The Kier molecular flexibility index (Phi) is 8.20. The first-order valence-electron chi connectivity index (χ1n) is 10.9. The second-order valence-corrected chi connectivity index (χ2v) is 8.39. The SMILES string of the molecule is Cc1cc(C)c(NC(=O)CNC(=O)CN(Cc2ccccc2)CC2CCCO2)c(C)c1. The Morgan fingerprint density at radius 2 is 1.77 bits per heavy atom. The summed E-state index contributed by atoms with van der Waals surface area (Å²) in [6.07, 6.45) is 2.24. The minimum atomic E-state index is -0.225. The van der Waals surface area contributed by atoms with Crippen LogP contribution >= 0.6 is 0 Å². The van der Waals surface area contributed by atoms with E-state index < -0.39 is 0 Å². The van der Waals surface area contributed by atoms with Crippen molar-refractivity contribution in [3.63, 3.8) is 0 Å². The molecule has 31 heavy (non-hydrogen) atoms. The number of anilines is 1. The molecule has 2 aromatic carbocycles. The lowest BCUT2D eigenvalue weighted by Gasteiger charge is -2.24. The Balaban J connectivity index is 1.53. The number of hydrogen-bond donors (Lipinski definition) is 2. The van der Waals surface area contributed by atoms with E-state index in [0.29, 0.717) is 13.1 Å². The summed E-state index contributed by atoms with van der Waals surface area (Å²) in [6, 6.07) is 14.2. The molecule has 6 nitrogen and oxygen atoms in total. The molecule has 2 amide bonds. The average molecular weight is 424 g/mol. The van der Waals surface area contributed by atoms with Crippen molar-refractivity contribution in [2.45, 2.75) is 46.3 Å². The van der Waals surface area contributed by atoms with Crippen LogP contribution in [0.1, 0.15) is 35.1 Å². The Hall–Kier alpha value is -2.70. The molecule has 6 heteroatoms. The van der Waals surface area contributed by atoms with Gasteiger partial charge >= 0.3 is 0 Å². The van der Waals surface area contributed by atoms with Crippen LogP contribution in [0.5, 0.6) is 0 Å². The van der Waals surface area contributed by atoms with Gasteiger partial charge in [0.15, 0.2) is 0 Å². The van der Waals surface area contributed by atoms with Crippen LogP contribution in [0, 0.1) is 20.8 Å². The van der Waals surface area contributed by atoms with Crippen LogP contribution < -0.4 is 10.6 Å². The van der Waals surface area contributed by atoms with E-state index in [1.54, 1.807) is 0 Å². The molecule has 2 aromatic rings. The summed E-state index contributed by atoms with van der Waals surface area (Å²) in [5, 5.41) is 5.69. The third-order valence-corrected chi connectivity index (χ3v) is 5.49. The molecule has 1 fully saturated rings. The summed E-state index contributed by atoms with van der Waals surface area (Å²) in [4.78, 5) is 27.1. The third-order valence-electron chi connectivity index (χ3n) is 5.49. The molecule has 0 spiro atoms. The number of rotatable bonds is 9. The molecule has 0 radical (unpaired) electrons. The highest BCUT2D eigenvalue weighted by molar-refractivity contribution is 5.96. The number of nitrogens with zero attached hydrogens (tertiary/aromatic N) is 1. The van der Waals surface area contributed by atoms with E-state index in [2.05, 4.69) is 27.7 Å². The van der Waals surface area contributed by atoms with Gasteiger partial charge in [-0.25, -0.2) is 0 Å². The third kappa shape index (κ3) is 7.19. The first-order chi connectivity index (χ1) is 14.9. The first-order valence-corrected chi connectivity index (χ1v) is 10.9. The number of benzene rings is 2. The molecule has 2 N–H and O–H groups in total. The van der Waals surface area contributed by atoms with Gasteiger partial charge in [-0.05, 0) is 50.3 Å². The van der Waals surface area contributed by atoms with Crippen molar-refractivity contribution in [2.24, 2.45) is 0 Å². The zero-order valence-corrected chi connectivity index (χ0v) is 18.7. The van der Waals surface area contributed by atoms with E-state index in [0.717, 1.165) is 47.4 Å². The normalized spacial score (nSPS) is 15.8. The fraction of sp³-hybridized carbons (Fsp3) is 0.440. The number of nitrogens with one attached hydrogen (secondary N) is 2. The van der Waals surface area contributed by atoms with E-state index in [1.807, 2.05) is 51.1 Å². The van der Waals surface area contributed by atoms with Crippen molar-refractivity contribution in [3.05, 3.63) is 64.7 Å². The minimum Gasteiger partial charge on any atom is -0.377 e. The predicted octanol–water partition coefficient (Wildman–Crippen LogP) is 3.35. The van der Waals surface area contributed by atoms with Gasteiger partial charge in [0.05, 0.1) is 19.2 Å². The second kappa shape index (κ2) is 11.1. The Morgan fingerprint density at radius 1 is 1.06 bits per heavy atom. The van der Waals surface area contributed by atoms with Crippen LogP contribution in [0.15, 0.2) is 42.5 Å². The second-order valence-electron chi connectivity index (χ2n) is 8.39. The molecular formula is C25H33N3O3. The summed E-state index contributed by atoms with van der Waals surface area (Å²) >= 11 is 0. The molecule has 1 saturated heterocycles. The van der Waals surface area contributed by atoms with Crippen molar-refractivity contribution in [1.82, 2.24) is 10.2 Å². The number of carbonyl (C=O) groups is 2. The van der Waals surface area contributed by atoms with Crippen LogP contribution in [0.4, 0.5) is 5.69 Å². The maximum absolute atomic E-state index is 12.6. The molecule has 0 bridgehead atoms. The number of amides is 2. The molecule has 1 aliphatic rings. The topological polar surface area (TPSA) is 70.7 Å². The monoisotopic (exact) mass is 423 g/mol. The van der Waals surface area contributed by atoms with Gasteiger partial charge in [0.25, 0.3) is 0 Å². The molecule has 1 heterocycles. The highest BCUT2D eigenvalue weighted by Gasteiger charge is 2.21. The number of aryl methyl sites for hydroxylation is 3. The average Bonchev–Trinajstić information content (AvgIpc) is 3.23. The fourth-order valence-electron chi connectivity index (χ4n) is 4.10. The summed E-state index contributed by atoms with van der Waals surface area (Å²) in [7, 11) is 0. The van der Waals surface area contributed by atoms with Gasteiger partial charge in [0.2, 0.25) is 11.8 Å². The highest BCUT2D eigenvalue weighted by Crippen LogP contribution is 2.21. The van der Waals surface area contributed by atoms with Crippen LogP contribution in [0.2, 0.25) is 0 Å². The molecule has 166 valence electrons. The van der Waals surface area contributed by atoms with Crippen LogP contribution in [-0.2, 0) is 20.9 Å². The van der Waals surface area contributed by atoms with Gasteiger partial charge in [-0.15, -0.1) is 0 Å². The number of ether oxygens (including phenoxy) is 1. The number of hydrogen-bond acceptors (Lipinski definition) is 4. The Morgan fingerprint density at radius 3 is 2.42 bits per heavy atom. The highest BCUT2D eigenvalue weighted by atomic mass is 16.5. The van der Waals surface area contributed by atoms with E-state index in [1.165, 1.54) is 0 Å².